The maximum absolute atomic E-state index is 7.22. The van der Waals surface area contributed by atoms with E-state index in [1.165, 1.54) is 0 Å². The van der Waals surface area contributed by atoms with Gasteiger partial charge >= 0.3 is 0 Å². The maximum Gasteiger partial charge on any atom is 0.0920 e. The van der Waals surface area contributed by atoms with Crippen LogP contribution in [0.3, 0.4) is 0 Å². The van der Waals surface area contributed by atoms with Crippen molar-refractivity contribution >= 4 is 5.84 Å². The average molecular weight is 201 g/mol. The van der Waals surface area contributed by atoms with Gasteiger partial charge in [0.05, 0.1) is 5.84 Å². The highest BCUT2D eigenvalue weighted by atomic mass is 16.5. The Morgan fingerprint density at radius 2 is 2.00 bits per heavy atom. The SMILES string of the molecule is COCCC(C)N(C)C(C)CC(=N)N. The van der Waals surface area contributed by atoms with Gasteiger partial charge in [-0.15, -0.1) is 0 Å². The number of methoxy groups -OCH3 is 1. The second kappa shape index (κ2) is 6.79. The molecular weight excluding hydrogens is 178 g/mol. The van der Waals surface area contributed by atoms with E-state index >= 15 is 0 Å². The molecule has 84 valence electrons. The summed E-state index contributed by atoms with van der Waals surface area (Å²) in [6.45, 7) is 5.03. The first kappa shape index (κ1) is 13.4. The molecule has 4 nitrogen and oxygen atoms in total. The van der Waals surface area contributed by atoms with Crippen molar-refractivity contribution in [3.63, 3.8) is 0 Å². The molecule has 0 heterocycles. The van der Waals surface area contributed by atoms with Crippen LogP contribution >= 0.6 is 0 Å². The van der Waals surface area contributed by atoms with E-state index in [0.29, 0.717) is 18.5 Å². The Labute approximate surface area is 86.9 Å². The van der Waals surface area contributed by atoms with Crippen LogP contribution in [0, 0.1) is 5.41 Å². The molecule has 0 radical (unpaired) electrons. The Hall–Kier alpha value is -0.610. The van der Waals surface area contributed by atoms with Crippen LogP contribution < -0.4 is 5.73 Å². The molecule has 0 spiro atoms. The fourth-order valence-corrected chi connectivity index (χ4v) is 1.39. The first-order valence-corrected chi connectivity index (χ1v) is 5.02. The van der Waals surface area contributed by atoms with Crippen LogP contribution in [0.15, 0.2) is 0 Å². The summed E-state index contributed by atoms with van der Waals surface area (Å²) in [7, 11) is 3.78. The topological polar surface area (TPSA) is 62.3 Å². The van der Waals surface area contributed by atoms with Gasteiger partial charge in [-0.25, -0.2) is 0 Å². The number of ether oxygens (including phenoxy) is 1. The summed E-state index contributed by atoms with van der Waals surface area (Å²) >= 11 is 0. The van der Waals surface area contributed by atoms with Crippen molar-refractivity contribution in [1.29, 1.82) is 5.41 Å². The molecule has 0 amide bonds. The molecule has 4 heteroatoms. The van der Waals surface area contributed by atoms with Crippen LogP contribution in [0.4, 0.5) is 0 Å². The molecule has 0 aliphatic rings. The van der Waals surface area contributed by atoms with Gasteiger partial charge in [0, 0.05) is 32.2 Å². The molecule has 2 atom stereocenters. The molecule has 0 rings (SSSR count). The van der Waals surface area contributed by atoms with Crippen molar-refractivity contribution < 1.29 is 4.74 Å². The monoisotopic (exact) mass is 201 g/mol. The molecule has 0 saturated heterocycles. The summed E-state index contributed by atoms with van der Waals surface area (Å²) in [4.78, 5) is 2.24. The third kappa shape index (κ3) is 5.19. The van der Waals surface area contributed by atoms with Crippen LogP contribution in [-0.2, 0) is 4.74 Å². The zero-order valence-electron chi connectivity index (χ0n) is 9.71. The minimum Gasteiger partial charge on any atom is -0.388 e. The minimum absolute atomic E-state index is 0.253. The normalized spacial score (nSPS) is 15.5. The van der Waals surface area contributed by atoms with Crippen LogP contribution in [0.2, 0.25) is 0 Å². The summed E-state index contributed by atoms with van der Waals surface area (Å²) in [5.74, 6) is 0.253. The Balaban J connectivity index is 3.89. The van der Waals surface area contributed by atoms with E-state index < -0.39 is 0 Å². The van der Waals surface area contributed by atoms with Crippen molar-refractivity contribution in [2.75, 3.05) is 20.8 Å². The summed E-state index contributed by atoms with van der Waals surface area (Å²) in [5.41, 5.74) is 5.36. The summed E-state index contributed by atoms with van der Waals surface area (Å²) in [6.07, 6.45) is 1.64. The van der Waals surface area contributed by atoms with Gasteiger partial charge in [-0.2, -0.15) is 0 Å². The van der Waals surface area contributed by atoms with Gasteiger partial charge in [-0.05, 0) is 27.3 Å². The number of nitrogens with zero attached hydrogens (tertiary/aromatic N) is 1. The maximum atomic E-state index is 7.22. The largest absolute Gasteiger partial charge is 0.388 e. The van der Waals surface area contributed by atoms with Gasteiger partial charge < -0.3 is 15.4 Å². The number of rotatable bonds is 7. The number of nitrogens with two attached hydrogens (primary N) is 1. The second-order valence-corrected chi connectivity index (χ2v) is 3.87. The molecule has 0 fully saturated rings. The second-order valence-electron chi connectivity index (χ2n) is 3.87. The fraction of sp³-hybridized carbons (Fsp3) is 0.900. The van der Waals surface area contributed by atoms with Crippen molar-refractivity contribution in [1.82, 2.24) is 4.90 Å². The van der Waals surface area contributed by atoms with Crippen molar-refractivity contribution in [2.24, 2.45) is 5.73 Å². The van der Waals surface area contributed by atoms with Gasteiger partial charge in [0.2, 0.25) is 0 Å². The molecule has 0 aliphatic carbocycles. The molecule has 3 N–H and O–H groups in total. The average Bonchev–Trinajstić information content (AvgIpc) is 2.11. The van der Waals surface area contributed by atoms with Crippen LogP contribution in [0.1, 0.15) is 26.7 Å². The third-order valence-corrected chi connectivity index (χ3v) is 2.65. The van der Waals surface area contributed by atoms with Crippen molar-refractivity contribution in [3.05, 3.63) is 0 Å². The fourth-order valence-electron chi connectivity index (χ4n) is 1.39. The smallest absolute Gasteiger partial charge is 0.0920 e. The third-order valence-electron chi connectivity index (χ3n) is 2.65. The standard InChI is InChI=1S/C10H23N3O/c1-8(5-6-14-4)13(3)9(2)7-10(11)12/h8-9H,5-7H2,1-4H3,(H3,11,12). The lowest BCUT2D eigenvalue weighted by Crippen LogP contribution is -2.39. The zero-order valence-corrected chi connectivity index (χ0v) is 9.71. The van der Waals surface area contributed by atoms with Gasteiger partial charge in [-0.3, -0.25) is 5.41 Å². The Kier molecular flexibility index (Phi) is 6.49. The van der Waals surface area contributed by atoms with E-state index in [4.69, 9.17) is 15.9 Å². The van der Waals surface area contributed by atoms with E-state index in [1.54, 1.807) is 7.11 Å². The van der Waals surface area contributed by atoms with Crippen molar-refractivity contribution in [3.8, 4) is 0 Å². The molecule has 0 aromatic heterocycles. The minimum atomic E-state index is 0.253. The first-order chi connectivity index (χ1) is 6.49. The highest BCUT2D eigenvalue weighted by molar-refractivity contribution is 5.77. The lowest BCUT2D eigenvalue weighted by atomic mass is 10.1. The molecule has 2 unspecified atom stereocenters. The van der Waals surface area contributed by atoms with Crippen molar-refractivity contribution in [2.45, 2.75) is 38.8 Å². The van der Waals surface area contributed by atoms with Crippen LogP contribution in [-0.4, -0.2) is 43.6 Å². The Morgan fingerprint density at radius 1 is 1.43 bits per heavy atom. The molecule has 0 aromatic rings. The first-order valence-electron chi connectivity index (χ1n) is 5.02. The molecule has 0 aliphatic heterocycles. The molecular formula is C10H23N3O. The lowest BCUT2D eigenvalue weighted by molar-refractivity contribution is 0.134. The lowest BCUT2D eigenvalue weighted by Gasteiger charge is -2.30. The highest BCUT2D eigenvalue weighted by Crippen LogP contribution is 2.08. The van der Waals surface area contributed by atoms with Crippen LogP contribution in [0.5, 0.6) is 0 Å². The van der Waals surface area contributed by atoms with E-state index in [-0.39, 0.29) is 5.84 Å². The predicted molar refractivity (Wildman–Crippen MR) is 59.7 cm³/mol. The number of amidine groups is 1. The number of nitrogens with one attached hydrogen (secondary N) is 1. The Bertz CT molecular complexity index is 173. The van der Waals surface area contributed by atoms with E-state index in [1.807, 2.05) is 0 Å². The predicted octanol–water partition coefficient (Wildman–Crippen LogP) is 1.06. The molecule has 0 bridgehead atoms. The number of hydrogen-bond donors (Lipinski definition) is 2. The van der Waals surface area contributed by atoms with Gasteiger partial charge in [0.25, 0.3) is 0 Å². The zero-order chi connectivity index (χ0) is 11.1. The van der Waals surface area contributed by atoms with Gasteiger partial charge in [0.1, 0.15) is 0 Å². The van der Waals surface area contributed by atoms with E-state index in [0.717, 1.165) is 13.0 Å². The van der Waals surface area contributed by atoms with Gasteiger partial charge in [-0.1, -0.05) is 0 Å². The quantitative estimate of drug-likeness (QED) is 0.478. The summed E-state index contributed by atoms with van der Waals surface area (Å²) in [6, 6.07) is 0.781. The number of hydrogen-bond acceptors (Lipinski definition) is 3. The van der Waals surface area contributed by atoms with E-state index in [9.17, 15) is 0 Å². The summed E-state index contributed by atoms with van der Waals surface area (Å²) < 4.78 is 5.03. The highest BCUT2D eigenvalue weighted by Gasteiger charge is 2.15. The van der Waals surface area contributed by atoms with Gasteiger partial charge in [0.15, 0.2) is 0 Å². The molecule has 0 aromatic carbocycles. The Morgan fingerprint density at radius 3 is 2.43 bits per heavy atom. The molecule has 0 saturated carbocycles. The van der Waals surface area contributed by atoms with Crippen LogP contribution in [0.25, 0.3) is 0 Å². The molecule has 14 heavy (non-hydrogen) atoms. The van der Waals surface area contributed by atoms with E-state index in [2.05, 4.69) is 25.8 Å². The summed E-state index contributed by atoms with van der Waals surface area (Å²) in [5, 5.41) is 7.22.